The van der Waals surface area contributed by atoms with Gasteiger partial charge in [0.25, 0.3) is 11.1 Å². The molecule has 2 aromatic heterocycles. The van der Waals surface area contributed by atoms with Crippen LogP contribution in [0, 0.1) is 0 Å². The first kappa shape index (κ1) is 27.2. The van der Waals surface area contributed by atoms with Crippen LogP contribution in [0.15, 0.2) is 52.3 Å². The fourth-order valence-electron chi connectivity index (χ4n) is 4.22. The molecule has 0 aliphatic carbocycles. The van der Waals surface area contributed by atoms with Gasteiger partial charge >= 0.3 is 0 Å². The third-order valence-electron chi connectivity index (χ3n) is 6.09. The monoisotopic (exact) mass is 530 g/mol. The number of benzene rings is 2. The van der Waals surface area contributed by atoms with E-state index in [-0.39, 0.29) is 33.2 Å². The van der Waals surface area contributed by atoms with Crippen LogP contribution in [0.5, 0.6) is 17.2 Å². The van der Waals surface area contributed by atoms with Crippen LogP contribution in [0.4, 0.5) is 0 Å². The SMILES string of the molecule is COc1ccc(C(=O)c2cccc(/C=c3\[nH]c(=O)/c(=C/c4nc[nH]c4C(C)(C)C)[nH]c3=O)c2)c(OC)c1OC. The highest BCUT2D eigenvalue weighted by molar-refractivity contribution is 6.11. The van der Waals surface area contributed by atoms with E-state index in [0.717, 1.165) is 5.69 Å². The Morgan fingerprint density at radius 3 is 2.15 bits per heavy atom. The first-order valence-corrected chi connectivity index (χ1v) is 12.1. The number of carbonyl (C=O) groups is 1. The molecule has 0 aliphatic heterocycles. The minimum Gasteiger partial charge on any atom is -0.493 e. The number of ketones is 1. The molecule has 10 nitrogen and oxygen atoms in total. The minimum absolute atomic E-state index is 0.0449. The van der Waals surface area contributed by atoms with E-state index < -0.39 is 11.1 Å². The summed E-state index contributed by atoms with van der Waals surface area (Å²) >= 11 is 0. The number of aromatic nitrogens is 4. The quantitative estimate of drug-likeness (QED) is 0.311. The van der Waals surface area contributed by atoms with E-state index in [2.05, 4.69) is 19.9 Å². The first-order valence-electron chi connectivity index (χ1n) is 12.1. The molecule has 0 bridgehead atoms. The minimum atomic E-state index is -0.494. The van der Waals surface area contributed by atoms with E-state index in [4.69, 9.17) is 14.2 Å². The van der Waals surface area contributed by atoms with E-state index in [0.29, 0.717) is 28.3 Å². The van der Waals surface area contributed by atoms with Gasteiger partial charge in [-0.15, -0.1) is 0 Å². The predicted octanol–water partition coefficient (Wildman–Crippen LogP) is 2.00. The van der Waals surface area contributed by atoms with Crippen LogP contribution in [0.2, 0.25) is 0 Å². The molecule has 4 rings (SSSR count). The largest absolute Gasteiger partial charge is 0.493 e. The number of H-pyrrole nitrogens is 3. The Balaban J connectivity index is 1.74. The highest BCUT2D eigenvalue weighted by Gasteiger charge is 2.22. The predicted molar refractivity (Wildman–Crippen MR) is 147 cm³/mol. The molecule has 3 N–H and O–H groups in total. The summed E-state index contributed by atoms with van der Waals surface area (Å²) in [4.78, 5) is 51.7. The molecule has 2 heterocycles. The van der Waals surface area contributed by atoms with E-state index >= 15 is 0 Å². The maximum atomic E-state index is 13.4. The van der Waals surface area contributed by atoms with Crippen LogP contribution in [-0.4, -0.2) is 47.0 Å². The topological polar surface area (TPSA) is 139 Å². The standard InChI is InChI=1S/C29H30N4O6/c1-29(2,3)26-19(30-15-31-26)14-21-28(36)32-20(27(35)33-21)13-16-8-7-9-17(12-16)23(34)18-10-11-22(37-4)25(39-6)24(18)38-5/h7-15H,1-6H3,(H,30,31)(H,32,36)(H,33,35)/b20-13-,21-14-. The Morgan fingerprint density at radius 1 is 0.872 bits per heavy atom. The van der Waals surface area contributed by atoms with Gasteiger partial charge in [-0.1, -0.05) is 39.0 Å². The molecular weight excluding hydrogens is 500 g/mol. The number of hydrogen-bond acceptors (Lipinski definition) is 7. The number of ether oxygens (including phenoxy) is 3. The number of imidazole rings is 1. The molecule has 4 aromatic rings. The molecule has 0 spiro atoms. The van der Waals surface area contributed by atoms with Crippen LogP contribution in [0.3, 0.4) is 0 Å². The molecule has 0 unspecified atom stereocenters. The molecule has 39 heavy (non-hydrogen) atoms. The molecule has 0 saturated carbocycles. The van der Waals surface area contributed by atoms with Gasteiger partial charge in [0.15, 0.2) is 17.3 Å². The fourth-order valence-corrected chi connectivity index (χ4v) is 4.22. The summed E-state index contributed by atoms with van der Waals surface area (Å²) in [7, 11) is 4.40. The van der Waals surface area contributed by atoms with Crippen molar-refractivity contribution in [3.8, 4) is 17.2 Å². The fraction of sp³-hybridized carbons (Fsp3) is 0.241. The lowest BCUT2D eigenvalue weighted by Gasteiger charge is -2.16. The Hall–Kier alpha value is -4.86. The molecule has 0 fully saturated rings. The van der Waals surface area contributed by atoms with Crippen molar-refractivity contribution in [1.29, 1.82) is 0 Å². The Labute approximate surface area is 224 Å². The Morgan fingerprint density at radius 2 is 1.54 bits per heavy atom. The second kappa shape index (κ2) is 10.9. The number of nitrogens with zero attached hydrogens (tertiary/aromatic N) is 1. The highest BCUT2D eigenvalue weighted by Crippen LogP contribution is 2.40. The number of aromatic amines is 3. The normalized spacial score (nSPS) is 12.5. The number of rotatable bonds is 7. The zero-order chi connectivity index (χ0) is 28.3. The van der Waals surface area contributed by atoms with Crippen molar-refractivity contribution in [2.24, 2.45) is 0 Å². The van der Waals surface area contributed by atoms with Gasteiger partial charge in [-0.3, -0.25) is 14.4 Å². The summed E-state index contributed by atoms with van der Waals surface area (Å²) < 4.78 is 16.1. The van der Waals surface area contributed by atoms with E-state index in [1.165, 1.54) is 33.5 Å². The smallest absolute Gasteiger partial charge is 0.272 e. The van der Waals surface area contributed by atoms with Crippen LogP contribution < -0.4 is 36.0 Å². The summed E-state index contributed by atoms with van der Waals surface area (Å²) in [6.07, 6.45) is 4.59. The lowest BCUT2D eigenvalue weighted by atomic mass is 9.90. The van der Waals surface area contributed by atoms with Crippen molar-refractivity contribution in [3.63, 3.8) is 0 Å². The van der Waals surface area contributed by atoms with Crippen LogP contribution >= 0.6 is 0 Å². The van der Waals surface area contributed by atoms with Crippen LogP contribution in [0.25, 0.3) is 12.2 Å². The maximum Gasteiger partial charge on any atom is 0.272 e. The molecular formula is C29H30N4O6. The molecule has 0 atom stereocenters. The second-order valence-electron chi connectivity index (χ2n) is 9.77. The van der Waals surface area contributed by atoms with Crippen LogP contribution in [0.1, 0.15) is 53.6 Å². The van der Waals surface area contributed by atoms with Crippen molar-refractivity contribution >= 4 is 17.9 Å². The van der Waals surface area contributed by atoms with Gasteiger partial charge in [0, 0.05) is 16.7 Å². The van der Waals surface area contributed by atoms with Crippen LogP contribution in [-0.2, 0) is 5.41 Å². The molecule has 0 saturated heterocycles. The van der Waals surface area contributed by atoms with Gasteiger partial charge < -0.3 is 29.2 Å². The number of methoxy groups -OCH3 is 3. The lowest BCUT2D eigenvalue weighted by Crippen LogP contribution is -2.46. The average Bonchev–Trinajstić information content (AvgIpc) is 3.39. The summed E-state index contributed by atoms with van der Waals surface area (Å²) in [6.45, 7) is 6.05. The molecule has 2 aromatic carbocycles. The lowest BCUT2D eigenvalue weighted by molar-refractivity contribution is 0.103. The molecule has 0 amide bonds. The highest BCUT2D eigenvalue weighted by atomic mass is 16.5. The molecule has 0 radical (unpaired) electrons. The van der Waals surface area contributed by atoms with Gasteiger partial charge in [0.2, 0.25) is 5.75 Å². The van der Waals surface area contributed by atoms with Crippen molar-refractivity contribution in [2.75, 3.05) is 21.3 Å². The van der Waals surface area contributed by atoms with Crippen molar-refractivity contribution in [2.45, 2.75) is 26.2 Å². The number of nitrogens with one attached hydrogen (secondary N) is 3. The zero-order valence-corrected chi connectivity index (χ0v) is 22.6. The van der Waals surface area contributed by atoms with Gasteiger partial charge in [-0.25, -0.2) is 4.98 Å². The third-order valence-corrected chi connectivity index (χ3v) is 6.09. The molecule has 0 aliphatic rings. The van der Waals surface area contributed by atoms with E-state index in [1.807, 2.05) is 20.8 Å². The summed E-state index contributed by atoms with van der Waals surface area (Å²) in [5, 5.41) is 0.128. The zero-order valence-electron chi connectivity index (χ0n) is 22.6. The summed E-state index contributed by atoms with van der Waals surface area (Å²) in [5.74, 6) is 0.664. The molecule has 10 heteroatoms. The van der Waals surface area contributed by atoms with E-state index in [1.54, 1.807) is 42.7 Å². The van der Waals surface area contributed by atoms with Gasteiger partial charge in [0.1, 0.15) is 10.7 Å². The van der Waals surface area contributed by atoms with Gasteiger partial charge in [-0.2, -0.15) is 0 Å². The average molecular weight is 531 g/mol. The van der Waals surface area contributed by atoms with Gasteiger partial charge in [0.05, 0.1) is 38.9 Å². The van der Waals surface area contributed by atoms with Crippen molar-refractivity contribution in [1.82, 2.24) is 19.9 Å². The third kappa shape index (κ3) is 5.54. The number of carbonyl (C=O) groups excluding carboxylic acids is 1. The first-order chi connectivity index (χ1) is 18.6. The van der Waals surface area contributed by atoms with E-state index in [9.17, 15) is 14.4 Å². The number of hydrogen-bond donors (Lipinski definition) is 3. The second-order valence-corrected chi connectivity index (χ2v) is 9.77. The molecule has 202 valence electrons. The Kier molecular flexibility index (Phi) is 7.57. The summed E-state index contributed by atoms with van der Waals surface area (Å²) in [5.41, 5.74) is 1.38. The maximum absolute atomic E-state index is 13.4. The van der Waals surface area contributed by atoms with Crippen molar-refractivity contribution in [3.05, 3.63) is 102 Å². The van der Waals surface area contributed by atoms with Crippen molar-refractivity contribution < 1.29 is 19.0 Å². The Bertz CT molecular complexity index is 1770. The summed E-state index contributed by atoms with van der Waals surface area (Å²) in [6, 6.07) is 9.90. The van der Waals surface area contributed by atoms with Gasteiger partial charge in [-0.05, 0) is 35.9 Å².